The summed E-state index contributed by atoms with van der Waals surface area (Å²) >= 11 is 13.6. The first-order chi connectivity index (χ1) is 20.2. The van der Waals surface area contributed by atoms with E-state index in [0.29, 0.717) is 16.9 Å². The zero-order chi connectivity index (χ0) is 29.5. The molecule has 2 atom stereocenters. The molecule has 0 saturated heterocycles. The summed E-state index contributed by atoms with van der Waals surface area (Å²) in [6.07, 6.45) is 1.75. The van der Waals surface area contributed by atoms with E-state index in [-0.39, 0.29) is 11.7 Å². The molecule has 6 aromatic rings. The van der Waals surface area contributed by atoms with E-state index < -0.39 is 0 Å². The van der Waals surface area contributed by atoms with Crippen LogP contribution in [0.4, 0.5) is 0 Å². The number of aromatic hydroxyl groups is 1. The molecule has 0 amide bonds. The third-order valence-corrected chi connectivity index (χ3v) is 9.39. The van der Waals surface area contributed by atoms with E-state index in [4.69, 9.17) is 23.2 Å². The van der Waals surface area contributed by atoms with Crippen molar-refractivity contribution in [3.05, 3.63) is 135 Å². The van der Waals surface area contributed by atoms with Gasteiger partial charge in [-0.15, -0.1) is 0 Å². The van der Waals surface area contributed by atoms with Crippen LogP contribution in [0.3, 0.4) is 0 Å². The molecule has 6 rings (SSSR count). The average Bonchev–Trinajstić information content (AvgIpc) is 2.97. The Labute approximate surface area is 258 Å². The van der Waals surface area contributed by atoms with Crippen LogP contribution in [0.5, 0.6) is 5.75 Å². The molecule has 0 heterocycles. The van der Waals surface area contributed by atoms with Gasteiger partial charge in [0.2, 0.25) is 0 Å². The van der Waals surface area contributed by atoms with Gasteiger partial charge in [-0.05, 0) is 104 Å². The molecular formula is C39H36Cl2O. The SMILES string of the molecule is CC(C)c1cc(CC(C)c2cccc3ccccc23)cc2c(CC(C)c3cc(O)cc4cccc(Cl)c34)ccc(Cl)c12. The number of rotatable bonds is 7. The van der Waals surface area contributed by atoms with Crippen LogP contribution in [0, 0.1) is 0 Å². The molecule has 0 bridgehead atoms. The first kappa shape index (κ1) is 28.6. The molecule has 0 radical (unpaired) electrons. The van der Waals surface area contributed by atoms with Gasteiger partial charge in [0.05, 0.1) is 0 Å². The lowest BCUT2D eigenvalue weighted by Crippen LogP contribution is -2.04. The Morgan fingerprint density at radius 1 is 0.571 bits per heavy atom. The summed E-state index contributed by atoms with van der Waals surface area (Å²) in [6.45, 7) is 9.05. The molecule has 0 fully saturated rings. The summed E-state index contributed by atoms with van der Waals surface area (Å²) < 4.78 is 0. The Kier molecular flexibility index (Phi) is 7.92. The molecule has 212 valence electrons. The van der Waals surface area contributed by atoms with Gasteiger partial charge in [0, 0.05) is 20.8 Å². The number of fused-ring (bicyclic) bond motifs is 3. The van der Waals surface area contributed by atoms with Crippen LogP contribution in [-0.2, 0) is 12.8 Å². The molecule has 0 spiro atoms. The maximum atomic E-state index is 10.5. The van der Waals surface area contributed by atoms with Crippen molar-refractivity contribution in [3.63, 3.8) is 0 Å². The Balaban J connectivity index is 1.44. The van der Waals surface area contributed by atoms with Crippen molar-refractivity contribution in [2.75, 3.05) is 0 Å². The minimum atomic E-state index is 0.129. The molecular weight excluding hydrogens is 555 g/mol. The van der Waals surface area contributed by atoms with Gasteiger partial charge in [0.1, 0.15) is 5.75 Å². The van der Waals surface area contributed by atoms with Gasteiger partial charge in [-0.3, -0.25) is 0 Å². The molecule has 42 heavy (non-hydrogen) atoms. The summed E-state index contributed by atoms with van der Waals surface area (Å²) in [5, 5.41) is 19.0. The minimum absolute atomic E-state index is 0.129. The zero-order valence-corrected chi connectivity index (χ0v) is 26.1. The summed E-state index contributed by atoms with van der Waals surface area (Å²) in [6, 6.07) is 33.8. The van der Waals surface area contributed by atoms with Crippen LogP contribution < -0.4 is 0 Å². The molecule has 0 aliphatic carbocycles. The number of benzene rings is 6. The fourth-order valence-corrected chi connectivity index (χ4v) is 7.28. The number of phenols is 1. The molecule has 1 nitrogen and oxygen atoms in total. The van der Waals surface area contributed by atoms with Crippen LogP contribution in [0.1, 0.15) is 73.3 Å². The van der Waals surface area contributed by atoms with E-state index >= 15 is 0 Å². The monoisotopic (exact) mass is 590 g/mol. The molecule has 2 unspecified atom stereocenters. The zero-order valence-electron chi connectivity index (χ0n) is 24.6. The Hall–Kier alpha value is -3.52. The van der Waals surface area contributed by atoms with E-state index in [0.717, 1.165) is 39.6 Å². The van der Waals surface area contributed by atoms with Crippen molar-refractivity contribution in [3.8, 4) is 5.75 Å². The maximum Gasteiger partial charge on any atom is 0.116 e. The van der Waals surface area contributed by atoms with Crippen LogP contribution >= 0.6 is 23.2 Å². The van der Waals surface area contributed by atoms with Crippen molar-refractivity contribution >= 4 is 55.5 Å². The lowest BCUT2D eigenvalue weighted by atomic mass is 9.84. The fourth-order valence-electron chi connectivity index (χ4n) is 6.71. The fraction of sp³-hybridized carbons (Fsp3) is 0.231. The van der Waals surface area contributed by atoms with Gasteiger partial charge in [0.25, 0.3) is 0 Å². The number of hydrogen-bond acceptors (Lipinski definition) is 1. The Morgan fingerprint density at radius 2 is 1.26 bits per heavy atom. The summed E-state index contributed by atoms with van der Waals surface area (Å²) in [7, 11) is 0. The Morgan fingerprint density at radius 3 is 2.07 bits per heavy atom. The van der Waals surface area contributed by atoms with Crippen LogP contribution in [0.25, 0.3) is 32.3 Å². The number of phenolic OH excluding ortho intramolecular Hbond substituents is 1. The first-order valence-electron chi connectivity index (χ1n) is 14.8. The molecule has 1 N–H and O–H groups in total. The minimum Gasteiger partial charge on any atom is -0.508 e. The molecule has 3 heteroatoms. The molecule has 0 saturated carbocycles. The Bertz CT molecular complexity index is 1930. The third-order valence-electron chi connectivity index (χ3n) is 8.76. The van der Waals surface area contributed by atoms with Crippen molar-refractivity contribution in [1.29, 1.82) is 0 Å². The molecule has 0 aliphatic heterocycles. The standard InChI is InChI=1S/C39H36Cl2O/c1-23(2)33-19-26(17-24(3)31-13-7-10-27-9-5-6-12-32(27)31)20-35-28(15-16-37(41)39(33)35)18-25(4)34-22-30(42)21-29-11-8-14-36(40)38(29)34/h5-16,19-25,42H,17-18H2,1-4H3. The maximum absolute atomic E-state index is 10.5. The van der Waals surface area contributed by atoms with Gasteiger partial charge in [-0.1, -0.05) is 124 Å². The second-order valence-electron chi connectivity index (χ2n) is 12.1. The quantitative estimate of drug-likeness (QED) is 0.196. The average molecular weight is 592 g/mol. The first-order valence-corrected chi connectivity index (χ1v) is 15.6. The molecule has 6 aromatic carbocycles. The molecule has 0 aromatic heterocycles. The van der Waals surface area contributed by atoms with Crippen LogP contribution in [-0.4, -0.2) is 5.11 Å². The lowest BCUT2D eigenvalue weighted by Gasteiger charge is -2.21. The van der Waals surface area contributed by atoms with E-state index in [1.807, 2.05) is 30.3 Å². The smallest absolute Gasteiger partial charge is 0.116 e. The second kappa shape index (κ2) is 11.6. The van der Waals surface area contributed by atoms with Gasteiger partial charge in [-0.2, -0.15) is 0 Å². The van der Waals surface area contributed by atoms with E-state index in [1.54, 1.807) is 6.07 Å². The van der Waals surface area contributed by atoms with Crippen LogP contribution in [0.15, 0.2) is 97.1 Å². The van der Waals surface area contributed by atoms with Gasteiger partial charge < -0.3 is 5.11 Å². The van der Waals surface area contributed by atoms with Crippen LogP contribution in [0.2, 0.25) is 10.0 Å². The van der Waals surface area contributed by atoms with E-state index in [1.165, 1.54) is 38.4 Å². The highest BCUT2D eigenvalue weighted by Gasteiger charge is 2.20. The topological polar surface area (TPSA) is 20.2 Å². The number of hydrogen-bond donors (Lipinski definition) is 1. The predicted molar refractivity (Wildman–Crippen MR) is 182 cm³/mol. The van der Waals surface area contributed by atoms with Gasteiger partial charge in [0.15, 0.2) is 0 Å². The van der Waals surface area contributed by atoms with Crippen molar-refractivity contribution in [2.24, 2.45) is 0 Å². The normalized spacial score (nSPS) is 13.3. The lowest BCUT2D eigenvalue weighted by molar-refractivity contribution is 0.475. The highest BCUT2D eigenvalue weighted by atomic mass is 35.5. The van der Waals surface area contributed by atoms with Gasteiger partial charge >= 0.3 is 0 Å². The van der Waals surface area contributed by atoms with Crippen molar-refractivity contribution in [1.82, 2.24) is 0 Å². The third kappa shape index (κ3) is 5.37. The van der Waals surface area contributed by atoms with E-state index in [2.05, 4.69) is 88.4 Å². The van der Waals surface area contributed by atoms with E-state index in [9.17, 15) is 5.11 Å². The highest BCUT2D eigenvalue weighted by molar-refractivity contribution is 6.36. The summed E-state index contributed by atoms with van der Waals surface area (Å²) in [5.41, 5.74) is 6.31. The molecule has 0 aliphatic rings. The van der Waals surface area contributed by atoms with Gasteiger partial charge in [-0.25, -0.2) is 0 Å². The highest BCUT2D eigenvalue weighted by Crippen LogP contribution is 2.40. The summed E-state index contributed by atoms with van der Waals surface area (Å²) in [4.78, 5) is 0. The predicted octanol–water partition coefficient (Wildman–Crippen LogP) is 12.0. The summed E-state index contributed by atoms with van der Waals surface area (Å²) in [5.74, 6) is 1.08. The second-order valence-corrected chi connectivity index (χ2v) is 12.9. The van der Waals surface area contributed by atoms with Crippen molar-refractivity contribution in [2.45, 2.75) is 58.3 Å². The number of halogens is 2. The largest absolute Gasteiger partial charge is 0.508 e. The van der Waals surface area contributed by atoms with Crippen molar-refractivity contribution < 1.29 is 5.11 Å².